The molecule has 0 saturated carbocycles. The predicted molar refractivity (Wildman–Crippen MR) is 114 cm³/mol. The van der Waals surface area contributed by atoms with Crippen molar-refractivity contribution in [3.05, 3.63) is 82.2 Å². The number of hydrogen-bond donors (Lipinski definition) is 2. The van der Waals surface area contributed by atoms with E-state index in [1.807, 2.05) is 43.6 Å². The van der Waals surface area contributed by atoms with Gasteiger partial charge in [0.25, 0.3) is 5.56 Å². The van der Waals surface area contributed by atoms with Crippen LogP contribution >= 0.6 is 0 Å². The van der Waals surface area contributed by atoms with Crippen LogP contribution < -0.4 is 10.9 Å². The Bertz CT molecular complexity index is 1300. The number of aryl methyl sites for hydroxylation is 1. The molecule has 5 heteroatoms. The third-order valence-electron chi connectivity index (χ3n) is 6.39. The van der Waals surface area contributed by atoms with E-state index in [9.17, 15) is 4.79 Å². The van der Waals surface area contributed by atoms with Gasteiger partial charge in [-0.25, -0.2) is 0 Å². The van der Waals surface area contributed by atoms with Gasteiger partial charge in [0.05, 0.1) is 5.69 Å². The second-order valence-corrected chi connectivity index (χ2v) is 8.26. The zero-order valence-electron chi connectivity index (χ0n) is 16.3. The minimum atomic E-state index is -0.0422. The molecule has 1 aromatic carbocycles. The minimum absolute atomic E-state index is 0.0422. The Morgan fingerprint density at radius 1 is 1.07 bits per heavy atom. The molecule has 6 rings (SSSR count). The van der Waals surface area contributed by atoms with Crippen LogP contribution in [0.15, 0.2) is 59.7 Å². The van der Waals surface area contributed by atoms with Gasteiger partial charge < -0.3 is 10.3 Å². The summed E-state index contributed by atoms with van der Waals surface area (Å²) in [6.45, 7) is 1.96. The average Bonchev–Trinajstić information content (AvgIpc) is 3.29. The quantitative estimate of drug-likeness (QED) is 0.550. The third kappa shape index (κ3) is 2.65. The maximum absolute atomic E-state index is 12.8. The lowest BCUT2D eigenvalue weighted by atomic mass is 9.99. The molecule has 2 aliphatic rings. The smallest absolute Gasteiger partial charge is 0.255 e. The zero-order valence-corrected chi connectivity index (χ0v) is 16.3. The second-order valence-electron chi connectivity index (χ2n) is 8.26. The molecule has 29 heavy (non-hydrogen) atoms. The molecule has 5 nitrogen and oxygen atoms in total. The van der Waals surface area contributed by atoms with Gasteiger partial charge in [-0.1, -0.05) is 12.1 Å². The van der Waals surface area contributed by atoms with Crippen molar-refractivity contribution in [2.75, 3.05) is 0 Å². The molecule has 2 unspecified atom stereocenters. The lowest BCUT2D eigenvalue weighted by Gasteiger charge is -2.21. The van der Waals surface area contributed by atoms with Crippen LogP contribution in [0.2, 0.25) is 0 Å². The highest BCUT2D eigenvalue weighted by atomic mass is 16.1. The van der Waals surface area contributed by atoms with E-state index < -0.39 is 0 Å². The molecule has 0 aliphatic carbocycles. The summed E-state index contributed by atoms with van der Waals surface area (Å²) >= 11 is 0. The summed E-state index contributed by atoms with van der Waals surface area (Å²) < 4.78 is 1.70. The summed E-state index contributed by atoms with van der Waals surface area (Å²) in [4.78, 5) is 20.8. The van der Waals surface area contributed by atoms with Crippen LogP contribution in [0.5, 0.6) is 0 Å². The molecule has 2 aliphatic heterocycles. The van der Waals surface area contributed by atoms with E-state index in [1.165, 1.54) is 29.5 Å². The first kappa shape index (κ1) is 16.7. The number of nitrogens with zero attached hydrogens (tertiary/aromatic N) is 2. The Labute approximate surface area is 168 Å². The molecule has 1 fully saturated rings. The van der Waals surface area contributed by atoms with Crippen LogP contribution in [0, 0.1) is 6.92 Å². The van der Waals surface area contributed by atoms with E-state index in [0.29, 0.717) is 12.1 Å². The maximum atomic E-state index is 12.8. The number of pyridine rings is 2. The van der Waals surface area contributed by atoms with Crippen LogP contribution in [0.3, 0.4) is 0 Å². The molecule has 0 radical (unpaired) electrons. The fourth-order valence-electron chi connectivity index (χ4n) is 4.94. The van der Waals surface area contributed by atoms with Gasteiger partial charge in [-0.05, 0) is 55.2 Å². The van der Waals surface area contributed by atoms with E-state index in [-0.39, 0.29) is 5.56 Å². The highest BCUT2D eigenvalue weighted by molar-refractivity contribution is 5.87. The van der Waals surface area contributed by atoms with Crippen molar-refractivity contribution in [1.82, 2.24) is 19.9 Å². The summed E-state index contributed by atoms with van der Waals surface area (Å²) in [7, 11) is 0. The number of rotatable bonds is 2. The van der Waals surface area contributed by atoms with Crippen molar-refractivity contribution in [1.29, 1.82) is 0 Å². The number of hydrogen-bond acceptors (Lipinski definition) is 3. The molecule has 2 bridgehead atoms. The number of aromatic amines is 1. The Morgan fingerprint density at radius 2 is 2.00 bits per heavy atom. The molecule has 2 atom stereocenters. The summed E-state index contributed by atoms with van der Waals surface area (Å²) in [5.74, 6) is 0. The fraction of sp³-hybridized carbons (Fsp3) is 0.250. The summed E-state index contributed by atoms with van der Waals surface area (Å²) in [6, 6.07) is 15.0. The molecule has 0 amide bonds. The van der Waals surface area contributed by atoms with Crippen LogP contribution in [-0.4, -0.2) is 20.6 Å². The zero-order chi connectivity index (χ0) is 19.5. The Hall–Kier alpha value is -3.18. The van der Waals surface area contributed by atoms with Crippen molar-refractivity contribution in [2.45, 2.75) is 38.3 Å². The first-order chi connectivity index (χ1) is 14.2. The first-order valence-electron chi connectivity index (χ1n) is 10.2. The van der Waals surface area contributed by atoms with Gasteiger partial charge in [0.2, 0.25) is 0 Å². The van der Waals surface area contributed by atoms with Gasteiger partial charge in [0.15, 0.2) is 0 Å². The predicted octanol–water partition coefficient (Wildman–Crippen LogP) is 4.04. The van der Waals surface area contributed by atoms with E-state index >= 15 is 0 Å². The molecular formula is C24H22N4O. The lowest BCUT2D eigenvalue weighted by Crippen LogP contribution is -2.31. The highest BCUT2D eigenvalue weighted by Crippen LogP contribution is 2.40. The molecule has 144 valence electrons. The number of aromatic nitrogens is 3. The second kappa shape index (κ2) is 6.16. The largest absolute Gasteiger partial charge is 0.358 e. The number of fused-ring (bicyclic) bond motifs is 6. The van der Waals surface area contributed by atoms with Gasteiger partial charge in [-0.15, -0.1) is 0 Å². The lowest BCUT2D eigenvalue weighted by molar-refractivity contribution is 0.513. The van der Waals surface area contributed by atoms with Gasteiger partial charge >= 0.3 is 0 Å². The Balaban J connectivity index is 1.41. The van der Waals surface area contributed by atoms with Crippen molar-refractivity contribution >= 4 is 10.9 Å². The van der Waals surface area contributed by atoms with Gasteiger partial charge in [0.1, 0.15) is 0 Å². The van der Waals surface area contributed by atoms with E-state index in [4.69, 9.17) is 0 Å². The van der Waals surface area contributed by atoms with Crippen molar-refractivity contribution in [3.8, 4) is 16.8 Å². The average molecular weight is 382 g/mol. The third-order valence-corrected chi connectivity index (χ3v) is 6.39. The van der Waals surface area contributed by atoms with E-state index in [1.54, 1.807) is 10.6 Å². The SMILES string of the molecule is Cc1ccc(-c2ccn(-c3ccc4c5c([nH]c4c3)CC3CCC5N3)c(=O)c2)cn1. The Kier molecular flexibility index (Phi) is 3.56. The van der Waals surface area contributed by atoms with Gasteiger partial charge in [-0.2, -0.15) is 0 Å². The minimum Gasteiger partial charge on any atom is -0.358 e. The first-order valence-corrected chi connectivity index (χ1v) is 10.2. The monoisotopic (exact) mass is 382 g/mol. The number of benzene rings is 1. The molecule has 0 spiro atoms. The number of nitrogens with one attached hydrogen (secondary N) is 2. The number of H-pyrrole nitrogens is 1. The van der Waals surface area contributed by atoms with Crippen molar-refractivity contribution in [3.63, 3.8) is 0 Å². The normalized spacial score (nSPS) is 20.2. The molecule has 1 saturated heterocycles. The van der Waals surface area contributed by atoms with Gasteiger partial charge in [-0.3, -0.25) is 14.3 Å². The van der Waals surface area contributed by atoms with Gasteiger partial charge in [0, 0.05) is 64.8 Å². The standard InChI is InChI=1S/C24H22N4O/c1-14-2-3-16(13-25-14)15-8-9-28(23(29)10-15)18-5-6-19-21(12-18)27-22-11-17-4-7-20(26-17)24(19)22/h2-3,5-6,8-10,12-13,17,20,26-27H,4,7,11H2,1H3. The van der Waals surface area contributed by atoms with Crippen LogP contribution in [-0.2, 0) is 6.42 Å². The topological polar surface area (TPSA) is 62.7 Å². The molecule has 3 aromatic heterocycles. The molecule has 4 aromatic rings. The summed E-state index contributed by atoms with van der Waals surface area (Å²) in [6.07, 6.45) is 7.19. The van der Waals surface area contributed by atoms with Crippen molar-refractivity contribution in [2.24, 2.45) is 0 Å². The Morgan fingerprint density at radius 3 is 2.83 bits per heavy atom. The molecular weight excluding hydrogens is 360 g/mol. The van der Waals surface area contributed by atoms with Crippen molar-refractivity contribution < 1.29 is 0 Å². The molecule has 2 N–H and O–H groups in total. The summed E-state index contributed by atoms with van der Waals surface area (Å²) in [5.41, 5.74) is 7.54. The summed E-state index contributed by atoms with van der Waals surface area (Å²) in [5, 5.41) is 5.00. The van der Waals surface area contributed by atoms with Crippen LogP contribution in [0.1, 0.15) is 35.8 Å². The maximum Gasteiger partial charge on any atom is 0.255 e. The van der Waals surface area contributed by atoms with Crippen LogP contribution in [0.25, 0.3) is 27.7 Å². The molecule has 5 heterocycles. The van der Waals surface area contributed by atoms with E-state index in [2.05, 4.69) is 27.4 Å². The van der Waals surface area contributed by atoms with Crippen LogP contribution in [0.4, 0.5) is 0 Å². The fourth-order valence-corrected chi connectivity index (χ4v) is 4.94. The van der Waals surface area contributed by atoms with E-state index in [0.717, 1.165) is 34.4 Å². The highest BCUT2D eigenvalue weighted by Gasteiger charge is 2.34.